The fourth-order valence-electron chi connectivity index (χ4n) is 3.37. The third kappa shape index (κ3) is 2.87. The van der Waals surface area contributed by atoms with Crippen molar-refractivity contribution in [1.29, 1.82) is 0 Å². The molecule has 1 unspecified atom stereocenters. The lowest BCUT2D eigenvalue weighted by Gasteiger charge is -2.46. The van der Waals surface area contributed by atoms with Crippen LogP contribution in [0, 0.1) is 0 Å². The Morgan fingerprint density at radius 3 is 1.94 bits per heavy atom. The van der Waals surface area contributed by atoms with Crippen LogP contribution in [-0.2, 0) is 4.74 Å². The van der Waals surface area contributed by atoms with Crippen molar-refractivity contribution in [1.82, 2.24) is 9.80 Å². The minimum Gasteiger partial charge on any atom is -0.368 e. The SMILES string of the molecule is CN(C)CCN(C)C1(CN)CC(C)(C)OC1(C)C. The van der Waals surface area contributed by atoms with Crippen LogP contribution in [-0.4, -0.2) is 67.3 Å². The van der Waals surface area contributed by atoms with Gasteiger partial charge in [0.05, 0.1) is 16.7 Å². The standard InChI is InChI=1S/C14H31N3O/c1-12(2)10-14(11-15,13(3,4)18-12)17(7)9-8-16(5)6/h8-11,15H2,1-7H3. The van der Waals surface area contributed by atoms with E-state index >= 15 is 0 Å². The Kier molecular flexibility index (Phi) is 4.49. The molecule has 0 aromatic carbocycles. The van der Waals surface area contributed by atoms with E-state index in [0.717, 1.165) is 19.5 Å². The molecule has 1 aliphatic rings. The molecule has 1 rings (SSSR count). The predicted octanol–water partition coefficient (Wildman–Crippen LogP) is 1.15. The Hall–Kier alpha value is -0.160. The molecule has 1 saturated heterocycles. The highest BCUT2D eigenvalue weighted by Gasteiger charge is 2.58. The summed E-state index contributed by atoms with van der Waals surface area (Å²) in [6.45, 7) is 11.3. The minimum absolute atomic E-state index is 0.0769. The summed E-state index contributed by atoms with van der Waals surface area (Å²) >= 11 is 0. The zero-order valence-corrected chi connectivity index (χ0v) is 13.2. The molecule has 18 heavy (non-hydrogen) atoms. The van der Waals surface area contributed by atoms with E-state index in [1.54, 1.807) is 0 Å². The van der Waals surface area contributed by atoms with Crippen LogP contribution in [0.25, 0.3) is 0 Å². The smallest absolute Gasteiger partial charge is 0.0829 e. The number of hydrogen-bond acceptors (Lipinski definition) is 4. The van der Waals surface area contributed by atoms with Crippen molar-refractivity contribution >= 4 is 0 Å². The Bertz CT molecular complexity index is 289. The lowest BCUT2D eigenvalue weighted by atomic mass is 9.77. The Morgan fingerprint density at radius 1 is 1.06 bits per heavy atom. The zero-order valence-electron chi connectivity index (χ0n) is 13.2. The van der Waals surface area contributed by atoms with Gasteiger partial charge in [0.2, 0.25) is 0 Å². The predicted molar refractivity (Wildman–Crippen MR) is 76.8 cm³/mol. The molecule has 1 heterocycles. The molecule has 0 amide bonds. The molecule has 0 saturated carbocycles. The van der Waals surface area contributed by atoms with Crippen molar-refractivity contribution in [2.75, 3.05) is 40.8 Å². The number of likely N-dealkylation sites (N-methyl/N-ethyl adjacent to an activating group) is 2. The third-order valence-electron chi connectivity index (χ3n) is 4.32. The van der Waals surface area contributed by atoms with E-state index in [2.05, 4.69) is 58.6 Å². The van der Waals surface area contributed by atoms with Gasteiger partial charge in [-0.05, 0) is 55.3 Å². The van der Waals surface area contributed by atoms with E-state index in [1.165, 1.54) is 0 Å². The second-order valence-corrected chi connectivity index (χ2v) is 7.01. The zero-order chi connectivity index (χ0) is 14.2. The van der Waals surface area contributed by atoms with Crippen LogP contribution in [0.4, 0.5) is 0 Å². The lowest BCUT2D eigenvalue weighted by Crippen LogP contribution is -2.63. The Morgan fingerprint density at radius 2 is 1.61 bits per heavy atom. The van der Waals surface area contributed by atoms with Gasteiger partial charge in [0.15, 0.2) is 0 Å². The van der Waals surface area contributed by atoms with Crippen LogP contribution in [0.2, 0.25) is 0 Å². The average molecular weight is 257 g/mol. The van der Waals surface area contributed by atoms with Gasteiger partial charge in [-0.25, -0.2) is 0 Å². The van der Waals surface area contributed by atoms with Gasteiger partial charge in [-0.2, -0.15) is 0 Å². The van der Waals surface area contributed by atoms with Gasteiger partial charge in [0, 0.05) is 19.6 Å². The Balaban J connectivity index is 2.91. The summed E-state index contributed by atoms with van der Waals surface area (Å²) in [4.78, 5) is 4.59. The van der Waals surface area contributed by atoms with Crippen molar-refractivity contribution in [3.8, 4) is 0 Å². The van der Waals surface area contributed by atoms with Gasteiger partial charge >= 0.3 is 0 Å². The van der Waals surface area contributed by atoms with E-state index in [4.69, 9.17) is 10.5 Å². The molecule has 0 radical (unpaired) electrons. The molecule has 1 fully saturated rings. The molecule has 0 aromatic rings. The summed E-state index contributed by atoms with van der Waals surface area (Å²) in [5.74, 6) is 0. The van der Waals surface area contributed by atoms with E-state index < -0.39 is 0 Å². The Labute approximate surface area is 112 Å². The summed E-state index contributed by atoms with van der Waals surface area (Å²) in [6, 6.07) is 0. The maximum atomic E-state index is 6.24. The molecule has 0 spiro atoms. The van der Waals surface area contributed by atoms with Crippen LogP contribution in [0.3, 0.4) is 0 Å². The summed E-state index contributed by atoms with van der Waals surface area (Å²) in [5, 5.41) is 0. The topological polar surface area (TPSA) is 41.7 Å². The normalized spacial score (nSPS) is 30.3. The first-order chi connectivity index (χ1) is 8.06. The van der Waals surface area contributed by atoms with Crippen LogP contribution in [0.15, 0.2) is 0 Å². The molecule has 4 nitrogen and oxygen atoms in total. The molecule has 1 aliphatic heterocycles. The summed E-state index contributed by atoms with van der Waals surface area (Å²) < 4.78 is 6.24. The molecule has 0 bridgehead atoms. The van der Waals surface area contributed by atoms with Crippen LogP contribution < -0.4 is 5.73 Å². The number of nitrogens with two attached hydrogens (primary N) is 1. The van der Waals surface area contributed by atoms with Crippen molar-refractivity contribution in [2.24, 2.45) is 5.73 Å². The molecule has 0 aromatic heterocycles. The molecular formula is C14H31N3O. The van der Waals surface area contributed by atoms with Crippen LogP contribution >= 0.6 is 0 Å². The maximum Gasteiger partial charge on any atom is 0.0829 e. The van der Waals surface area contributed by atoms with Crippen molar-refractivity contribution < 1.29 is 4.74 Å². The average Bonchev–Trinajstić information content (AvgIpc) is 2.39. The number of hydrogen-bond donors (Lipinski definition) is 1. The first-order valence-electron chi connectivity index (χ1n) is 6.82. The summed E-state index contributed by atoms with van der Waals surface area (Å²) in [5.41, 5.74) is 5.74. The molecule has 0 aliphatic carbocycles. The number of nitrogens with zero attached hydrogens (tertiary/aromatic N) is 2. The monoisotopic (exact) mass is 257 g/mol. The second kappa shape index (κ2) is 5.08. The van der Waals surface area contributed by atoms with Crippen LogP contribution in [0.1, 0.15) is 34.1 Å². The van der Waals surface area contributed by atoms with Gasteiger partial charge in [-0.3, -0.25) is 4.90 Å². The van der Waals surface area contributed by atoms with E-state index in [9.17, 15) is 0 Å². The number of ether oxygens (including phenoxy) is 1. The first-order valence-corrected chi connectivity index (χ1v) is 6.82. The van der Waals surface area contributed by atoms with E-state index in [1.807, 2.05) is 0 Å². The summed E-state index contributed by atoms with van der Waals surface area (Å²) in [6.07, 6.45) is 0.980. The van der Waals surface area contributed by atoms with E-state index in [-0.39, 0.29) is 16.7 Å². The van der Waals surface area contributed by atoms with Gasteiger partial charge < -0.3 is 15.4 Å². The van der Waals surface area contributed by atoms with Crippen LogP contribution in [0.5, 0.6) is 0 Å². The highest BCUT2D eigenvalue weighted by molar-refractivity contribution is 5.12. The lowest BCUT2D eigenvalue weighted by molar-refractivity contribution is -0.100. The fourth-order valence-corrected chi connectivity index (χ4v) is 3.37. The van der Waals surface area contributed by atoms with Crippen molar-refractivity contribution in [2.45, 2.75) is 50.9 Å². The largest absolute Gasteiger partial charge is 0.368 e. The maximum absolute atomic E-state index is 6.24. The molecule has 1 atom stereocenters. The molecule has 108 valence electrons. The summed E-state index contributed by atoms with van der Waals surface area (Å²) in [7, 11) is 6.37. The molecule has 2 N–H and O–H groups in total. The molecular weight excluding hydrogens is 226 g/mol. The highest BCUT2D eigenvalue weighted by atomic mass is 16.5. The van der Waals surface area contributed by atoms with Gasteiger partial charge in [-0.1, -0.05) is 0 Å². The first kappa shape index (κ1) is 15.9. The fraction of sp³-hybridized carbons (Fsp3) is 1.00. The van der Waals surface area contributed by atoms with Crippen molar-refractivity contribution in [3.63, 3.8) is 0 Å². The third-order valence-corrected chi connectivity index (χ3v) is 4.32. The van der Waals surface area contributed by atoms with Gasteiger partial charge in [-0.15, -0.1) is 0 Å². The van der Waals surface area contributed by atoms with Gasteiger partial charge in [0.25, 0.3) is 0 Å². The minimum atomic E-state index is -0.216. The van der Waals surface area contributed by atoms with Crippen molar-refractivity contribution in [3.05, 3.63) is 0 Å². The molecule has 4 heteroatoms. The number of rotatable bonds is 5. The van der Waals surface area contributed by atoms with E-state index in [0.29, 0.717) is 6.54 Å². The quantitative estimate of drug-likeness (QED) is 0.802. The van der Waals surface area contributed by atoms with Gasteiger partial charge in [0.1, 0.15) is 0 Å². The highest BCUT2D eigenvalue weighted by Crippen LogP contribution is 2.47. The second-order valence-electron chi connectivity index (χ2n) is 7.01.